The summed E-state index contributed by atoms with van der Waals surface area (Å²) in [5, 5.41) is 13.3. The Balaban J connectivity index is 0.996. The Hall–Kier alpha value is -4.16. The SMILES string of the molecule is Nc1nc2c(cnn2CCN2CCN(c3ccc(OC4CCNC4)cc3F)CC2)c2cc(-c3ccco3)nn12. The summed E-state index contributed by atoms with van der Waals surface area (Å²) in [5.41, 5.74) is 9.13. The number of fused-ring (bicyclic) bond motifs is 3. The monoisotopic (exact) mass is 531 g/mol. The first-order valence-electron chi connectivity index (χ1n) is 13.3. The third-order valence-corrected chi connectivity index (χ3v) is 7.59. The van der Waals surface area contributed by atoms with Crippen molar-refractivity contribution in [3.05, 3.63) is 54.7 Å². The van der Waals surface area contributed by atoms with E-state index < -0.39 is 0 Å². The summed E-state index contributed by atoms with van der Waals surface area (Å²) in [4.78, 5) is 9.05. The van der Waals surface area contributed by atoms with E-state index in [4.69, 9.17) is 14.9 Å². The standard InChI is InChI=1S/C27H30FN9O2/c28-21-14-18(39-19-5-6-30-16-19)3-4-23(21)35-10-7-34(8-11-35)9-12-36-26-20(17-31-36)24-15-22(25-2-1-13-38-25)33-37(24)27(29)32-26/h1-4,13-15,17,19,30H,5-12,16H2,(H2,29,32). The van der Waals surface area contributed by atoms with Crippen molar-refractivity contribution >= 4 is 28.2 Å². The van der Waals surface area contributed by atoms with Crippen LogP contribution in [-0.2, 0) is 6.54 Å². The molecular weight excluding hydrogens is 501 g/mol. The van der Waals surface area contributed by atoms with Crippen molar-refractivity contribution in [2.24, 2.45) is 0 Å². The van der Waals surface area contributed by atoms with Gasteiger partial charge < -0.3 is 25.1 Å². The van der Waals surface area contributed by atoms with Crippen molar-refractivity contribution in [1.82, 2.24) is 34.6 Å². The molecule has 2 aliphatic rings. The molecule has 0 amide bonds. The number of halogens is 1. The third-order valence-electron chi connectivity index (χ3n) is 7.59. The summed E-state index contributed by atoms with van der Waals surface area (Å²) < 4.78 is 29.8. The van der Waals surface area contributed by atoms with Gasteiger partial charge in [0.25, 0.3) is 0 Å². The Morgan fingerprint density at radius 2 is 2.03 bits per heavy atom. The molecule has 6 heterocycles. The van der Waals surface area contributed by atoms with Crippen molar-refractivity contribution < 1.29 is 13.5 Å². The first kappa shape index (κ1) is 23.9. The van der Waals surface area contributed by atoms with Crippen molar-refractivity contribution in [2.45, 2.75) is 19.1 Å². The number of furan rings is 1. The highest BCUT2D eigenvalue weighted by Crippen LogP contribution is 2.28. The highest BCUT2D eigenvalue weighted by molar-refractivity contribution is 5.93. The predicted octanol–water partition coefficient (Wildman–Crippen LogP) is 2.62. The maximum Gasteiger partial charge on any atom is 0.223 e. The van der Waals surface area contributed by atoms with Crippen molar-refractivity contribution in [2.75, 3.05) is 56.4 Å². The summed E-state index contributed by atoms with van der Waals surface area (Å²) in [5.74, 6) is 1.32. The molecule has 1 unspecified atom stereocenters. The number of hydrogen-bond donors (Lipinski definition) is 2. The maximum absolute atomic E-state index is 14.9. The largest absolute Gasteiger partial charge is 0.489 e. The van der Waals surface area contributed by atoms with Crippen molar-refractivity contribution in [1.29, 1.82) is 0 Å². The molecule has 0 bridgehead atoms. The number of nitrogens with one attached hydrogen (secondary N) is 1. The van der Waals surface area contributed by atoms with E-state index >= 15 is 0 Å². The van der Waals surface area contributed by atoms with Gasteiger partial charge in [-0.15, -0.1) is 0 Å². The van der Waals surface area contributed by atoms with Gasteiger partial charge >= 0.3 is 0 Å². The Bertz CT molecular complexity index is 1600. The van der Waals surface area contributed by atoms with Gasteiger partial charge in [0.05, 0.1) is 35.6 Å². The Labute approximate surface area is 223 Å². The highest BCUT2D eigenvalue weighted by atomic mass is 19.1. The molecule has 2 aliphatic heterocycles. The lowest BCUT2D eigenvalue weighted by Crippen LogP contribution is -2.47. The molecule has 11 nitrogen and oxygen atoms in total. The van der Waals surface area contributed by atoms with Gasteiger partial charge in [-0.3, -0.25) is 4.90 Å². The van der Waals surface area contributed by atoms with Crippen LogP contribution in [0.15, 0.2) is 53.3 Å². The molecule has 1 atom stereocenters. The van der Waals surface area contributed by atoms with Gasteiger partial charge in [-0.1, -0.05) is 0 Å². The van der Waals surface area contributed by atoms with E-state index in [2.05, 4.69) is 30.3 Å². The molecule has 5 aromatic rings. The molecule has 4 aromatic heterocycles. The topological polar surface area (TPSA) is 115 Å². The number of aromatic nitrogens is 5. The number of nitrogens with two attached hydrogens (primary N) is 1. The number of piperazine rings is 1. The minimum absolute atomic E-state index is 0.114. The zero-order valence-corrected chi connectivity index (χ0v) is 21.5. The summed E-state index contributed by atoms with van der Waals surface area (Å²) in [6.45, 7) is 6.39. The fourth-order valence-corrected chi connectivity index (χ4v) is 5.48. The van der Waals surface area contributed by atoms with Crippen LogP contribution in [0.25, 0.3) is 28.0 Å². The van der Waals surface area contributed by atoms with Gasteiger partial charge in [-0.25, -0.2) is 9.07 Å². The van der Waals surface area contributed by atoms with Crippen LogP contribution in [-0.4, -0.2) is 81.2 Å². The van der Waals surface area contributed by atoms with Crippen molar-refractivity contribution in [3.63, 3.8) is 0 Å². The van der Waals surface area contributed by atoms with E-state index in [9.17, 15) is 4.39 Å². The predicted molar refractivity (Wildman–Crippen MR) is 145 cm³/mol. The number of ether oxygens (including phenoxy) is 1. The van der Waals surface area contributed by atoms with Gasteiger partial charge in [0.15, 0.2) is 11.4 Å². The van der Waals surface area contributed by atoms with Crippen LogP contribution in [0.5, 0.6) is 5.75 Å². The summed E-state index contributed by atoms with van der Waals surface area (Å²) in [6, 6.07) is 10.8. The third kappa shape index (κ3) is 4.55. The van der Waals surface area contributed by atoms with E-state index in [0.717, 1.165) is 68.8 Å². The smallest absolute Gasteiger partial charge is 0.223 e. The number of anilines is 2. The van der Waals surface area contributed by atoms with Gasteiger partial charge in [0.1, 0.15) is 23.4 Å². The zero-order valence-electron chi connectivity index (χ0n) is 21.5. The zero-order chi connectivity index (χ0) is 26.3. The lowest BCUT2D eigenvalue weighted by Gasteiger charge is -2.36. The first-order chi connectivity index (χ1) is 19.1. The summed E-state index contributed by atoms with van der Waals surface area (Å²) in [7, 11) is 0. The highest BCUT2D eigenvalue weighted by Gasteiger charge is 2.22. The molecule has 1 aromatic carbocycles. The fourth-order valence-electron chi connectivity index (χ4n) is 5.48. The maximum atomic E-state index is 14.9. The molecule has 202 valence electrons. The van der Waals surface area contributed by atoms with Crippen molar-refractivity contribution in [3.8, 4) is 17.2 Å². The van der Waals surface area contributed by atoms with E-state index in [1.54, 1.807) is 10.8 Å². The number of benzene rings is 1. The Morgan fingerprint density at radius 1 is 1.13 bits per heavy atom. The van der Waals surface area contributed by atoms with Crippen LogP contribution in [0.3, 0.4) is 0 Å². The molecule has 0 radical (unpaired) electrons. The van der Waals surface area contributed by atoms with Gasteiger partial charge in [0.2, 0.25) is 5.95 Å². The van der Waals surface area contributed by atoms with E-state index in [-0.39, 0.29) is 11.9 Å². The lowest BCUT2D eigenvalue weighted by molar-refractivity contribution is 0.222. The molecule has 2 fully saturated rings. The second kappa shape index (κ2) is 9.86. The molecule has 3 N–H and O–H groups in total. The second-order valence-electron chi connectivity index (χ2n) is 10.1. The molecule has 0 aliphatic carbocycles. The summed E-state index contributed by atoms with van der Waals surface area (Å²) >= 11 is 0. The first-order valence-corrected chi connectivity index (χ1v) is 13.3. The van der Waals surface area contributed by atoms with E-state index in [0.29, 0.717) is 35.4 Å². The van der Waals surface area contributed by atoms with Gasteiger partial charge in [-0.05, 0) is 43.3 Å². The quantitative estimate of drug-likeness (QED) is 0.327. The molecule has 0 saturated carbocycles. The average molecular weight is 532 g/mol. The average Bonchev–Trinajstić information content (AvgIpc) is 3.75. The van der Waals surface area contributed by atoms with Crippen LogP contribution in [0, 0.1) is 5.82 Å². The number of rotatable bonds is 7. The molecule has 0 spiro atoms. The fraction of sp³-hybridized carbons (Fsp3) is 0.370. The van der Waals surface area contributed by atoms with Gasteiger partial charge in [-0.2, -0.15) is 19.7 Å². The molecule has 2 saturated heterocycles. The molecule has 7 rings (SSSR count). The number of nitrogen functional groups attached to an aromatic ring is 1. The molecule has 12 heteroatoms. The van der Waals surface area contributed by atoms with E-state index in [1.807, 2.05) is 41.2 Å². The number of hydrogen-bond acceptors (Lipinski definition) is 9. The van der Waals surface area contributed by atoms with Crippen LogP contribution >= 0.6 is 0 Å². The minimum atomic E-state index is -0.236. The Morgan fingerprint density at radius 3 is 2.79 bits per heavy atom. The number of nitrogens with zero attached hydrogens (tertiary/aromatic N) is 7. The van der Waals surface area contributed by atoms with Crippen LogP contribution < -0.4 is 20.7 Å². The van der Waals surface area contributed by atoms with Crippen LogP contribution in [0.2, 0.25) is 0 Å². The lowest BCUT2D eigenvalue weighted by atomic mass is 10.2. The molecule has 39 heavy (non-hydrogen) atoms. The van der Waals surface area contributed by atoms with E-state index in [1.165, 1.54) is 6.07 Å². The van der Waals surface area contributed by atoms with Crippen LogP contribution in [0.4, 0.5) is 16.0 Å². The normalized spacial score (nSPS) is 18.5. The van der Waals surface area contributed by atoms with Crippen LogP contribution in [0.1, 0.15) is 6.42 Å². The summed E-state index contributed by atoms with van der Waals surface area (Å²) in [6.07, 6.45) is 4.49. The van der Waals surface area contributed by atoms with Gasteiger partial charge in [0, 0.05) is 45.3 Å². The minimum Gasteiger partial charge on any atom is -0.489 e. The molecular formula is C27H30FN9O2. The Kier molecular flexibility index (Phi) is 6.05. The second-order valence-corrected chi connectivity index (χ2v) is 10.1.